The third-order valence-electron chi connectivity index (χ3n) is 2.29. The zero-order chi connectivity index (χ0) is 13.4. The van der Waals surface area contributed by atoms with Gasteiger partial charge in [-0.15, -0.1) is 11.6 Å². The van der Waals surface area contributed by atoms with Crippen molar-refractivity contribution in [2.45, 2.75) is 25.0 Å². The molecule has 0 heterocycles. The van der Waals surface area contributed by atoms with Crippen LogP contribution >= 0.6 is 11.6 Å². The van der Waals surface area contributed by atoms with Crippen molar-refractivity contribution in [1.82, 2.24) is 5.32 Å². The van der Waals surface area contributed by atoms with Gasteiger partial charge in [0, 0.05) is 6.54 Å². The first kappa shape index (κ1) is 15.0. The molecular formula is C13H18ClNO3. The number of alkyl halides is 1. The summed E-state index contributed by atoms with van der Waals surface area (Å²) in [5.41, 5.74) is 1.04. The zero-order valence-corrected chi connectivity index (χ0v) is 11.1. The SMILES string of the molecule is C[C@@H](Cl)C(=O)NC[C@H](O)COCc1ccccc1. The van der Waals surface area contributed by atoms with Gasteiger partial charge in [0.05, 0.1) is 19.3 Å². The molecule has 1 amide bonds. The summed E-state index contributed by atoms with van der Waals surface area (Å²) in [6, 6.07) is 9.68. The minimum Gasteiger partial charge on any atom is -0.389 e. The first-order chi connectivity index (χ1) is 8.59. The molecule has 1 aromatic carbocycles. The number of aliphatic hydroxyl groups is 1. The van der Waals surface area contributed by atoms with Crippen molar-refractivity contribution in [1.29, 1.82) is 0 Å². The smallest absolute Gasteiger partial charge is 0.237 e. The predicted octanol–water partition coefficient (Wildman–Crippen LogP) is 1.31. The Morgan fingerprint density at radius 2 is 2.11 bits per heavy atom. The molecule has 0 aromatic heterocycles. The Morgan fingerprint density at radius 1 is 1.44 bits per heavy atom. The molecule has 100 valence electrons. The van der Waals surface area contributed by atoms with Crippen molar-refractivity contribution in [3.8, 4) is 0 Å². The number of ether oxygens (including phenoxy) is 1. The molecule has 1 rings (SSSR count). The van der Waals surface area contributed by atoms with Gasteiger partial charge in [-0.05, 0) is 12.5 Å². The van der Waals surface area contributed by atoms with Crippen LogP contribution in [-0.4, -0.2) is 35.6 Å². The molecule has 5 heteroatoms. The average Bonchev–Trinajstić information content (AvgIpc) is 2.37. The van der Waals surface area contributed by atoms with Crippen LogP contribution in [0.1, 0.15) is 12.5 Å². The molecule has 0 radical (unpaired) electrons. The molecule has 2 N–H and O–H groups in total. The summed E-state index contributed by atoms with van der Waals surface area (Å²) < 4.78 is 5.34. The van der Waals surface area contributed by atoms with Gasteiger partial charge < -0.3 is 15.2 Å². The van der Waals surface area contributed by atoms with E-state index in [2.05, 4.69) is 5.32 Å². The molecule has 4 nitrogen and oxygen atoms in total. The number of aliphatic hydroxyl groups excluding tert-OH is 1. The fourth-order valence-corrected chi connectivity index (χ4v) is 1.38. The van der Waals surface area contributed by atoms with E-state index in [1.807, 2.05) is 30.3 Å². The number of hydrogen-bond donors (Lipinski definition) is 2. The predicted molar refractivity (Wildman–Crippen MR) is 70.4 cm³/mol. The highest BCUT2D eigenvalue weighted by atomic mass is 35.5. The van der Waals surface area contributed by atoms with Crippen LogP contribution in [0.15, 0.2) is 30.3 Å². The van der Waals surface area contributed by atoms with Crippen LogP contribution in [-0.2, 0) is 16.1 Å². The number of carbonyl (C=O) groups excluding carboxylic acids is 1. The quantitative estimate of drug-likeness (QED) is 0.735. The van der Waals surface area contributed by atoms with E-state index < -0.39 is 11.5 Å². The Kier molecular flexibility index (Phi) is 6.72. The van der Waals surface area contributed by atoms with E-state index in [9.17, 15) is 9.90 Å². The number of carbonyl (C=O) groups is 1. The Bertz CT molecular complexity index is 357. The lowest BCUT2D eigenvalue weighted by Crippen LogP contribution is -2.37. The van der Waals surface area contributed by atoms with Crippen LogP contribution in [0.5, 0.6) is 0 Å². The van der Waals surface area contributed by atoms with Gasteiger partial charge in [0.1, 0.15) is 5.38 Å². The Balaban J connectivity index is 2.14. The monoisotopic (exact) mass is 271 g/mol. The molecule has 0 unspecified atom stereocenters. The van der Waals surface area contributed by atoms with Crippen LogP contribution < -0.4 is 5.32 Å². The fourth-order valence-electron chi connectivity index (χ4n) is 1.31. The van der Waals surface area contributed by atoms with Crippen LogP contribution in [0.3, 0.4) is 0 Å². The van der Waals surface area contributed by atoms with Gasteiger partial charge in [0.2, 0.25) is 5.91 Å². The molecule has 18 heavy (non-hydrogen) atoms. The molecule has 0 saturated heterocycles. The lowest BCUT2D eigenvalue weighted by atomic mass is 10.2. The van der Waals surface area contributed by atoms with E-state index in [4.69, 9.17) is 16.3 Å². The van der Waals surface area contributed by atoms with Gasteiger partial charge in [0.15, 0.2) is 0 Å². The van der Waals surface area contributed by atoms with Crippen molar-refractivity contribution in [3.05, 3.63) is 35.9 Å². The molecule has 0 fully saturated rings. The van der Waals surface area contributed by atoms with Crippen LogP contribution in [0.4, 0.5) is 0 Å². The number of hydrogen-bond acceptors (Lipinski definition) is 3. The Morgan fingerprint density at radius 3 is 2.72 bits per heavy atom. The molecular weight excluding hydrogens is 254 g/mol. The number of nitrogens with one attached hydrogen (secondary N) is 1. The largest absolute Gasteiger partial charge is 0.389 e. The molecule has 1 aromatic rings. The highest BCUT2D eigenvalue weighted by molar-refractivity contribution is 6.30. The van der Waals surface area contributed by atoms with Gasteiger partial charge in [0.25, 0.3) is 0 Å². The molecule has 2 atom stereocenters. The van der Waals surface area contributed by atoms with Crippen LogP contribution in [0, 0.1) is 0 Å². The number of amides is 1. The summed E-state index contributed by atoms with van der Waals surface area (Å²) >= 11 is 5.57. The van der Waals surface area contributed by atoms with Crippen molar-refractivity contribution in [3.63, 3.8) is 0 Å². The van der Waals surface area contributed by atoms with E-state index in [1.54, 1.807) is 6.92 Å². The van der Waals surface area contributed by atoms with Crippen LogP contribution in [0.25, 0.3) is 0 Å². The molecule has 0 aliphatic carbocycles. The van der Waals surface area contributed by atoms with Crippen molar-refractivity contribution >= 4 is 17.5 Å². The van der Waals surface area contributed by atoms with Gasteiger partial charge in [-0.2, -0.15) is 0 Å². The van der Waals surface area contributed by atoms with E-state index in [-0.39, 0.29) is 19.1 Å². The molecule has 0 bridgehead atoms. The highest BCUT2D eigenvalue weighted by Crippen LogP contribution is 2.01. The maximum atomic E-state index is 11.1. The first-order valence-electron chi connectivity index (χ1n) is 5.81. The minimum atomic E-state index is -0.729. The summed E-state index contributed by atoms with van der Waals surface area (Å²) in [7, 11) is 0. The molecule has 0 aliphatic heterocycles. The van der Waals surface area contributed by atoms with E-state index in [0.29, 0.717) is 6.61 Å². The maximum Gasteiger partial charge on any atom is 0.237 e. The summed E-state index contributed by atoms with van der Waals surface area (Å²) in [4.78, 5) is 11.1. The number of halogens is 1. The fraction of sp³-hybridized carbons (Fsp3) is 0.462. The maximum absolute atomic E-state index is 11.1. The molecule has 0 spiro atoms. The van der Waals surface area contributed by atoms with Crippen molar-refractivity contribution < 1.29 is 14.6 Å². The van der Waals surface area contributed by atoms with Gasteiger partial charge in [-0.3, -0.25) is 4.79 Å². The topological polar surface area (TPSA) is 58.6 Å². The highest BCUT2D eigenvalue weighted by Gasteiger charge is 2.11. The van der Waals surface area contributed by atoms with Gasteiger partial charge in [-0.1, -0.05) is 30.3 Å². The molecule has 0 aliphatic rings. The average molecular weight is 272 g/mol. The zero-order valence-electron chi connectivity index (χ0n) is 10.3. The lowest BCUT2D eigenvalue weighted by Gasteiger charge is -2.13. The number of benzene rings is 1. The third-order valence-corrected chi connectivity index (χ3v) is 2.49. The first-order valence-corrected chi connectivity index (χ1v) is 6.24. The summed E-state index contributed by atoms with van der Waals surface area (Å²) in [6.07, 6.45) is -0.729. The van der Waals surface area contributed by atoms with Crippen molar-refractivity contribution in [2.24, 2.45) is 0 Å². The summed E-state index contributed by atoms with van der Waals surface area (Å²) in [5.74, 6) is -0.293. The minimum absolute atomic E-state index is 0.144. The molecule has 0 saturated carbocycles. The summed E-state index contributed by atoms with van der Waals surface area (Å²) in [5, 5.41) is 11.5. The van der Waals surface area contributed by atoms with E-state index in [1.165, 1.54) is 0 Å². The van der Waals surface area contributed by atoms with Gasteiger partial charge >= 0.3 is 0 Å². The van der Waals surface area contributed by atoms with Crippen molar-refractivity contribution in [2.75, 3.05) is 13.2 Å². The Labute approximate surface area is 112 Å². The number of rotatable bonds is 7. The third kappa shape index (κ3) is 6.00. The Hall–Kier alpha value is -1.10. The van der Waals surface area contributed by atoms with Crippen LogP contribution in [0.2, 0.25) is 0 Å². The second-order valence-electron chi connectivity index (χ2n) is 4.02. The lowest BCUT2D eigenvalue weighted by molar-refractivity contribution is -0.121. The second-order valence-corrected chi connectivity index (χ2v) is 4.67. The second kappa shape index (κ2) is 8.08. The standard InChI is InChI=1S/C13H18ClNO3/c1-10(14)13(17)15-7-12(16)9-18-8-11-5-3-2-4-6-11/h2-6,10,12,16H,7-9H2,1H3,(H,15,17)/t10-,12+/m1/s1. The van der Waals surface area contributed by atoms with Gasteiger partial charge in [-0.25, -0.2) is 0 Å². The normalized spacial score (nSPS) is 13.9. The summed E-state index contributed by atoms with van der Waals surface area (Å²) in [6.45, 7) is 2.34. The van der Waals surface area contributed by atoms with E-state index in [0.717, 1.165) is 5.56 Å². The van der Waals surface area contributed by atoms with E-state index >= 15 is 0 Å².